The lowest BCUT2D eigenvalue weighted by atomic mass is 9.85. The van der Waals surface area contributed by atoms with E-state index in [1.54, 1.807) is 19.0 Å². The monoisotopic (exact) mass is 331 g/mol. The van der Waals surface area contributed by atoms with Gasteiger partial charge in [-0.25, -0.2) is 14.8 Å². The zero-order valence-electron chi connectivity index (χ0n) is 13.0. The van der Waals surface area contributed by atoms with Gasteiger partial charge in [0.2, 0.25) is 0 Å². The first-order chi connectivity index (χ1) is 10.8. The van der Waals surface area contributed by atoms with Crippen LogP contribution in [-0.4, -0.2) is 42.3 Å². The third-order valence-corrected chi connectivity index (χ3v) is 3.84. The van der Waals surface area contributed by atoms with Crippen LogP contribution in [0.1, 0.15) is 25.7 Å². The van der Waals surface area contributed by atoms with Gasteiger partial charge in [-0.2, -0.15) is 13.2 Å². The van der Waals surface area contributed by atoms with Crippen LogP contribution >= 0.6 is 0 Å². The molecule has 0 spiro atoms. The van der Waals surface area contributed by atoms with E-state index in [-0.39, 0.29) is 12.8 Å². The maximum Gasteiger partial charge on any atom is 0.391 e. The summed E-state index contributed by atoms with van der Waals surface area (Å²) in [5, 5.41) is 5.21. The highest BCUT2D eigenvalue weighted by atomic mass is 19.4. The molecule has 1 saturated carbocycles. The van der Waals surface area contributed by atoms with Gasteiger partial charge in [0.1, 0.15) is 12.0 Å². The largest absolute Gasteiger partial charge is 0.391 e. The molecule has 6 nitrogen and oxygen atoms in total. The van der Waals surface area contributed by atoms with Crippen molar-refractivity contribution in [3.8, 4) is 0 Å². The fraction of sp³-hybridized carbons (Fsp3) is 0.643. The van der Waals surface area contributed by atoms with Crippen LogP contribution in [0.3, 0.4) is 0 Å². The number of carbonyl (C=O) groups excluding carboxylic acids is 1. The fourth-order valence-electron chi connectivity index (χ4n) is 2.73. The summed E-state index contributed by atoms with van der Waals surface area (Å²) in [5.41, 5.74) is 0.401. The molecule has 1 aliphatic carbocycles. The van der Waals surface area contributed by atoms with E-state index in [4.69, 9.17) is 0 Å². The second-order valence-corrected chi connectivity index (χ2v) is 5.85. The average Bonchev–Trinajstić information content (AvgIpc) is 2.46. The maximum atomic E-state index is 12.8. The van der Waals surface area contributed by atoms with E-state index >= 15 is 0 Å². The molecular formula is C14H20F3N5O. The molecule has 1 heterocycles. The molecule has 2 N–H and O–H groups in total. The number of hydrogen-bond donors (Lipinski definition) is 2. The lowest BCUT2D eigenvalue weighted by molar-refractivity contribution is -0.183. The summed E-state index contributed by atoms with van der Waals surface area (Å²) < 4.78 is 38.4. The highest BCUT2D eigenvalue weighted by Crippen LogP contribution is 2.37. The van der Waals surface area contributed by atoms with Crippen molar-refractivity contribution in [2.45, 2.75) is 37.9 Å². The van der Waals surface area contributed by atoms with Gasteiger partial charge < -0.3 is 15.5 Å². The van der Waals surface area contributed by atoms with Crippen LogP contribution in [0.2, 0.25) is 0 Å². The molecule has 23 heavy (non-hydrogen) atoms. The predicted octanol–water partition coefficient (Wildman–Crippen LogP) is 2.79. The minimum Gasteiger partial charge on any atom is -0.361 e. The van der Waals surface area contributed by atoms with Gasteiger partial charge in [0, 0.05) is 20.1 Å². The van der Waals surface area contributed by atoms with Crippen molar-refractivity contribution < 1.29 is 18.0 Å². The minimum absolute atomic E-state index is 0.0806. The summed E-state index contributed by atoms with van der Waals surface area (Å²) in [6.45, 7) is 0. The van der Waals surface area contributed by atoms with Gasteiger partial charge in [0.15, 0.2) is 5.82 Å². The number of nitrogens with zero attached hydrogens (tertiary/aromatic N) is 3. The molecule has 0 aromatic carbocycles. The molecule has 0 radical (unpaired) electrons. The first-order valence-corrected chi connectivity index (χ1v) is 7.39. The summed E-state index contributed by atoms with van der Waals surface area (Å²) in [6.07, 6.45) is -0.362. The molecule has 0 saturated heterocycles. The van der Waals surface area contributed by atoms with E-state index in [0.29, 0.717) is 24.3 Å². The second-order valence-electron chi connectivity index (χ2n) is 5.85. The second kappa shape index (κ2) is 7.01. The number of alkyl halides is 3. The lowest BCUT2D eigenvalue weighted by Crippen LogP contribution is -2.43. The van der Waals surface area contributed by atoms with Crippen LogP contribution in [0.5, 0.6) is 0 Å². The number of hydrogen-bond acceptors (Lipinski definition) is 4. The normalized spacial score (nSPS) is 21.6. The number of anilines is 2. The summed E-state index contributed by atoms with van der Waals surface area (Å²) in [5.74, 6) is -0.828. The molecule has 0 bridgehead atoms. The van der Waals surface area contributed by atoms with Crippen molar-refractivity contribution in [1.29, 1.82) is 0 Å². The zero-order chi connectivity index (χ0) is 17.0. The van der Waals surface area contributed by atoms with Crippen molar-refractivity contribution in [2.75, 3.05) is 24.3 Å². The van der Waals surface area contributed by atoms with Crippen molar-refractivity contribution in [2.24, 2.45) is 5.92 Å². The molecule has 2 rings (SSSR count). The summed E-state index contributed by atoms with van der Waals surface area (Å²) in [6, 6.07) is -1.03. The number of halogens is 3. The first-order valence-electron chi connectivity index (χ1n) is 7.39. The Kier molecular flexibility index (Phi) is 5.27. The highest BCUT2D eigenvalue weighted by Gasteiger charge is 2.42. The Hall–Kier alpha value is -2.06. The third-order valence-electron chi connectivity index (χ3n) is 3.84. The van der Waals surface area contributed by atoms with E-state index in [1.807, 2.05) is 0 Å². The quantitative estimate of drug-likeness (QED) is 0.893. The summed E-state index contributed by atoms with van der Waals surface area (Å²) >= 11 is 0. The van der Waals surface area contributed by atoms with Gasteiger partial charge in [-0.3, -0.25) is 0 Å². The van der Waals surface area contributed by atoms with Crippen molar-refractivity contribution in [1.82, 2.24) is 15.3 Å². The molecule has 1 aromatic rings. The number of nitrogens with one attached hydrogen (secondary N) is 2. The van der Waals surface area contributed by atoms with E-state index in [2.05, 4.69) is 20.6 Å². The Morgan fingerprint density at radius 2 is 2.09 bits per heavy atom. The van der Waals surface area contributed by atoms with Gasteiger partial charge in [0.05, 0.1) is 12.1 Å². The molecule has 128 valence electrons. The zero-order valence-corrected chi connectivity index (χ0v) is 13.0. The number of aromatic nitrogens is 2. The molecule has 0 aliphatic heterocycles. The molecule has 0 unspecified atom stereocenters. The Morgan fingerprint density at radius 3 is 2.74 bits per heavy atom. The molecule has 2 amide bonds. The average molecular weight is 331 g/mol. The van der Waals surface area contributed by atoms with Crippen LogP contribution in [0.4, 0.5) is 29.5 Å². The number of carbonyl (C=O) groups is 1. The van der Waals surface area contributed by atoms with Crippen molar-refractivity contribution >= 4 is 17.5 Å². The van der Waals surface area contributed by atoms with E-state index in [0.717, 1.165) is 0 Å². The Balaban J connectivity index is 1.95. The Morgan fingerprint density at radius 1 is 1.35 bits per heavy atom. The van der Waals surface area contributed by atoms with Crippen LogP contribution in [0.15, 0.2) is 12.5 Å². The van der Waals surface area contributed by atoms with Gasteiger partial charge >= 0.3 is 12.2 Å². The van der Waals surface area contributed by atoms with Crippen molar-refractivity contribution in [3.63, 3.8) is 0 Å². The minimum atomic E-state index is -4.21. The Labute approximate surface area is 132 Å². The van der Waals surface area contributed by atoms with Crippen LogP contribution in [-0.2, 0) is 0 Å². The smallest absolute Gasteiger partial charge is 0.361 e. The standard InChI is InChI=1S/C14H20F3N5O/c1-22(2)12-11(7-18-8-19-12)21-13(23)20-10-5-3-4-9(6-10)14(15,16)17/h7-10H,3-6H2,1-2H3,(H2,20,21,23)/t9-,10+/m1/s1. The highest BCUT2D eigenvalue weighted by molar-refractivity contribution is 5.92. The molecule has 1 aliphatic rings. The molecular weight excluding hydrogens is 311 g/mol. The van der Waals surface area contributed by atoms with E-state index < -0.39 is 24.2 Å². The summed E-state index contributed by atoms with van der Waals surface area (Å²) in [7, 11) is 3.53. The van der Waals surface area contributed by atoms with E-state index in [9.17, 15) is 18.0 Å². The predicted molar refractivity (Wildman–Crippen MR) is 80.3 cm³/mol. The van der Waals surface area contributed by atoms with Gasteiger partial charge in [-0.15, -0.1) is 0 Å². The molecule has 9 heteroatoms. The van der Waals surface area contributed by atoms with Crippen LogP contribution in [0.25, 0.3) is 0 Å². The Bertz CT molecular complexity index is 549. The van der Waals surface area contributed by atoms with Crippen LogP contribution < -0.4 is 15.5 Å². The molecule has 1 fully saturated rings. The van der Waals surface area contributed by atoms with Crippen LogP contribution in [0, 0.1) is 5.92 Å². The topological polar surface area (TPSA) is 70.2 Å². The van der Waals surface area contributed by atoms with Gasteiger partial charge in [-0.1, -0.05) is 6.42 Å². The first kappa shape index (κ1) is 17.3. The number of amides is 2. The van der Waals surface area contributed by atoms with Gasteiger partial charge in [-0.05, 0) is 19.3 Å². The lowest BCUT2D eigenvalue weighted by Gasteiger charge is -2.31. The number of rotatable bonds is 3. The fourth-order valence-corrected chi connectivity index (χ4v) is 2.73. The molecule has 2 atom stereocenters. The number of urea groups is 1. The van der Waals surface area contributed by atoms with E-state index in [1.165, 1.54) is 12.5 Å². The third kappa shape index (κ3) is 4.70. The summed E-state index contributed by atoms with van der Waals surface area (Å²) in [4.78, 5) is 21.6. The molecule has 1 aromatic heterocycles. The van der Waals surface area contributed by atoms with Gasteiger partial charge in [0.25, 0.3) is 0 Å². The van der Waals surface area contributed by atoms with Crippen molar-refractivity contribution in [3.05, 3.63) is 12.5 Å². The maximum absolute atomic E-state index is 12.8. The SMILES string of the molecule is CN(C)c1ncncc1NC(=O)N[C@H]1CCC[C@@H](C(F)(F)F)C1.